The van der Waals surface area contributed by atoms with E-state index in [1.807, 2.05) is 42.7 Å². The Kier molecular flexibility index (Phi) is 7.46. The molecule has 0 aliphatic rings. The summed E-state index contributed by atoms with van der Waals surface area (Å²) >= 11 is 0. The van der Waals surface area contributed by atoms with Crippen LogP contribution in [-0.4, -0.2) is 19.9 Å². The molecule has 4 nitrogen and oxygen atoms in total. The average molecular weight is 713 g/mol. The summed E-state index contributed by atoms with van der Waals surface area (Å²) in [5, 5.41) is 12.1. The minimum atomic E-state index is 0.628. The lowest BCUT2D eigenvalue weighted by molar-refractivity contribution is 1.07. The van der Waals surface area contributed by atoms with Crippen LogP contribution in [-0.2, 0) is 0 Å². The van der Waals surface area contributed by atoms with Gasteiger partial charge in [0.05, 0.1) is 0 Å². The highest BCUT2D eigenvalue weighted by Gasteiger charge is 2.16. The van der Waals surface area contributed by atoms with Crippen LogP contribution in [0.3, 0.4) is 0 Å². The molecule has 0 saturated carbocycles. The van der Waals surface area contributed by atoms with E-state index in [1.165, 1.54) is 48.7 Å². The molecule has 0 spiro atoms. The van der Waals surface area contributed by atoms with Gasteiger partial charge in [-0.25, -0.2) is 15.0 Å². The highest BCUT2D eigenvalue weighted by Crippen LogP contribution is 2.39. The number of hydrogen-bond acceptors (Lipinski definition) is 4. The maximum absolute atomic E-state index is 5.12. The Labute approximate surface area is 323 Å². The molecular weight excluding hydrogens is 681 g/mol. The lowest BCUT2D eigenvalue weighted by atomic mass is 9.91. The van der Waals surface area contributed by atoms with E-state index in [0.29, 0.717) is 17.5 Å². The molecule has 0 fully saturated rings. The summed E-state index contributed by atoms with van der Waals surface area (Å²) in [4.78, 5) is 19.7. The molecule has 2 heterocycles. The molecule has 260 valence electrons. The van der Waals surface area contributed by atoms with Crippen LogP contribution in [0.4, 0.5) is 0 Å². The van der Waals surface area contributed by atoms with Crippen molar-refractivity contribution in [1.82, 2.24) is 19.9 Å². The fourth-order valence-corrected chi connectivity index (χ4v) is 8.17. The normalized spacial score (nSPS) is 11.6. The number of pyridine rings is 1. The number of rotatable bonds is 5. The third-order valence-corrected chi connectivity index (χ3v) is 11.0. The third-order valence-electron chi connectivity index (χ3n) is 11.0. The predicted octanol–water partition coefficient (Wildman–Crippen LogP) is 13.4. The molecule has 56 heavy (non-hydrogen) atoms. The largest absolute Gasteiger partial charge is 0.264 e. The topological polar surface area (TPSA) is 51.6 Å². The summed E-state index contributed by atoms with van der Waals surface area (Å²) in [6.07, 6.45) is 3.85. The monoisotopic (exact) mass is 712 g/mol. The van der Waals surface area contributed by atoms with Gasteiger partial charge in [-0.2, -0.15) is 0 Å². The Balaban J connectivity index is 1.02. The van der Waals surface area contributed by atoms with Gasteiger partial charge in [-0.3, -0.25) is 4.98 Å². The molecular formula is C52H32N4. The smallest absolute Gasteiger partial charge is 0.164 e. The van der Waals surface area contributed by atoms with Crippen molar-refractivity contribution in [2.45, 2.75) is 0 Å². The zero-order chi connectivity index (χ0) is 37.0. The molecule has 9 aromatic carbocycles. The SMILES string of the molecule is c1ccc(-c2nc(-c3ccc(-c4cc5ccncc5c5c4ccc4ccccc45)cc3)nc(-c3cccc(-c4ccc5ccc6ccccc6c5c4)c3)n2)cc1. The van der Waals surface area contributed by atoms with E-state index in [1.54, 1.807) is 0 Å². The van der Waals surface area contributed by atoms with E-state index in [-0.39, 0.29) is 0 Å². The summed E-state index contributed by atoms with van der Waals surface area (Å²) < 4.78 is 0. The number of hydrogen-bond donors (Lipinski definition) is 0. The van der Waals surface area contributed by atoms with Crippen LogP contribution in [0.15, 0.2) is 194 Å². The van der Waals surface area contributed by atoms with Crippen molar-refractivity contribution >= 4 is 53.9 Å². The van der Waals surface area contributed by atoms with Gasteiger partial charge in [-0.15, -0.1) is 0 Å². The second kappa shape index (κ2) is 13.1. The maximum Gasteiger partial charge on any atom is 0.164 e. The van der Waals surface area contributed by atoms with Crippen LogP contribution in [0.2, 0.25) is 0 Å². The van der Waals surface area contributed by atoms with E-state index in [0.717, 1.165) is 44.2 Å². The highest BCUT2D eigenvalue weighted by atomic mass is 15.0. The van der Waals surface area contributed by atoms with Crippen molar-refractivity contribution in [3.8, 4) is 56.4 Å². The van der Waals surface area contributed by atoms with Gasteiger partial charge in [-0.05, 0) is 95.0 Å². The molecule has 0 unspecified atom stereocenters. The van der Waals surface area contributed by atoms with Gasteiger partial charge in [0.25, 0.3) is 0 Å². The molecule has 11 aromatic rings. The molecule has 0 aliphatic carbocycles. The van der Waals surface area contributed by atoms with Crippen molar-refractivity contribution in [3.05, 3.63) is 194 Å². The predicted molar refractivity (Wildman–Crippen MR) is 232 cm³/mol. The molecule has 0 aliphatic heterocycles. The molecule has 0 amide bonds. The van der Waals surface area contributed by atoms with E-state index in [4.69, 9.17) is 15.0 Å². The zero-order valence-corrected chi connectivity index (χ0v) is 30.3. The van der Waals surface area contributed by atoms with E-state index < -0.39 is 0 Å². The first-order chi connectivity index (χ1) is 27.7. The fourth-order valence-electron chi connectivity index (χ4n) is 8.17. The first-order valence-electron chi connectivity index (χ1n) is 18.9. The van der Waals surface area contributed by atoms with Gasteiger partial charge in [0.1, 0.15) is 0 Å². The van der Waals surface area contributed by atoms with Gasteiger partial charge in [0.2, 0.25) is 0 Å². The zero-order valence-electron chi connectivity index (χ0n) is 30.3. The number of aromatic nitrogens is 4. The Morgan fingerprint density at radius 3 is 1.64 bits per heavy atom. The van der Waals surface area contributed by atoms with Crippen molar-refractivity contribution in [2.24, 2.45) is 0 Å². The van der Waals surface area contributed by atoms with Gasteiger partial charge in [0.15, 0.2) is 17.5 Å². The molecule has 0 atom stereocenters. The second-order valence-corrected chi connectivity index (χ2v) is 14.3. The van der Waals surface area contributed by atoms with Crippen LogP contribution in [0.25, 0.3) is 110 Å². The minimum absolute atomic E-state index is 0.628. The molecule has 11 rings (SSSR count). The molecule has 2 aromatic heterocycles. The van der Waals surface area contributed by atoms with E-state index in [9.17, 15) is 0 Å². The lowest BCUT2D eigenvalue weighted by Crippen LogP contribution is -2.00. The van der Waals surface area contributed by atoms with Gasteiger partial charge >= 0.3 is 0 Å². The van der Waals surface area contributed by atoms with Crippen LogP contribution in [0, 0.1) is 0 Å². The van der Waals surface area contributed by atoms with E-state index in [2.05, 4.69) is 157 Å². The van der Waals surface area contributed by atoms with Crippen LogP contribution >= 0.6 is 0 Å². The van der Waals surface area contributed by atoms with E-state index >= 15 is 0 Å². The van der Waals surface area contributed by atoms with Crippen LogP contribution < -0.4 is 0 Å². The summed E-state index contributed by atoms with van der Waals surface area (Å²) in [6, 6.07) is 64.4. The Bertz CT molecular complexity index is 3280. The van der Waals surface area contributed by atoms with Crippen molar-refractivity contribution in [1.29, 1.82) is 0 Å². The quantitative estimate of drug-likeness (QED) is 0.167. The molecule has 0 saturated heterocycles. The average Bonchev–Trinajstić information content (AvgIpc) is 3.28. The van der Waals surface area contributed by atoms with Crippen LogP contribution in [0.1, 0.15) is 0 Å². The Morgan fingerprint density at radius 1 is 0.286 bits per heavy atom. The molecule has 0 N–H and O–H groups in total. The minimum Gasteiger partial charge on any atom is -0.264 e. The summed E-state index contributed by atoms with van der Waals surface area (Å²) in [7, 11) is 0. The Morgan fingerprint density at radius 2 is 0.839 bits per heavy atom. The Hall–Kier alpha value is -7.56. The van der Waals surface area contributed by atoms with Gasteiger partial charge < -0.3 is 0 Å². The standard InChI is InChI=1S/C52H32N4/c1-2-11-37(12-3-1)50-54-51(56-52(55-50)42-14-8-13-39(29-42)40-24-21-35-18-17-33-9-4-6-15-43(33)46(35)30-40)38-22-19-36(20-23-38)47-31-41-27-28-53-32-48(41)49-44-16-7-5-10-34(44)25-26-45(47)49/h1-32H. The number of benzene rings is 9. The van der Waals surface area contributed by atoms with Gasteiger partial charge in [-0.1, -0.05) is 158 Å². The highest BCUT2D eigenvalue weighted by molar-refractivity contribution is 6.23. The molecule has 0 bridgehead atoms. The van der Waals surface area contributed by atoms with Crippen molar-refractivity contribution < 1.29 is 0 Å². The van der Waals surface area contributed by atoms with Crippen molar-refractivity contribution in [3.63, 3.8) is 0 Å². The third kappa shape index (κ3) is 5.47. The summed E-state index contributed by atoms with van der Waals surface area (Å²) in [5.74, 6) is 1.90. The molecule has 0 radical (unpaired) electrons. The van der Waals surface area contributed by atoms with Crippen LogP contribution in [0.5, 0.6) is 0 Å². The first-order valence-corrected chi connectivity index (χ1v) is 18.9. The number of nitrogens with zero attached hydrogens (tertiary/aromatic N) is 4. The second-order valence-electron chi connectivity index (χ2n) is 14.3. The summed E-state index contributed by atoms with van der Waals surface area (Å²) in [5.41, 5.74) is 7.35. The summed E-state index contributed by atoms with van der Waals surface area (Å²) in [6.45, 7) is 0. The van der Waals surface area contributed by atoms with Crippen molar-refractivity contribution in [2.75, 3.05) is 0 Å². The first kappa shape index (κ1) is 31.9. The lowest BCUT2D eigenvalue weighted by Gasteiger charge is -2.14. The fraction of sp³-hybridized carbons (Fsp3) is 0. The molecule has 4 heteroatoms. The maximum atomic E-state index is 5.12. The van der Waals surface area contributed by atoms with Gasteiger partial charge in [0, 0.05) is 34.5 Å². The number of fused-ring (bicyclic) bond motifs is 8.